The SMILES string of the molecule is Cc1cnc(NC[C@]2(CO)COCCN2C)nc1. The topological polar surface area (TPSA) is 70.5 Å². The molecule has 1 aromatic heterocycles. The van der Waals surface area contributed by atoms with E-state index in [1.165, 1.54) is 0 Å². The van der Waals surface area contributed by atoms with Crippen molar-refractivity contribution in [2.24, 2.45) is 0 Å². The van der Waals surface area contributed by atoms with Gasteiger partial charge in [-0.1, -0.05) is 0 Å². The Kier molecular flexibility index (Phi) is 4.11. The zero-order valence-corrected chi connectivity index (χ0v) is 10.9. The molecule has 0 aliphatic carbocycles. The Morgan fingerprint density at radius 1 is 1.50 bits per heavy atom. The number of hydrogen-bond acceptors (Lipinski definition) is 6. The summed E-state index contributed by atoms with van der Waals surface area (Å²) < 4.78 is 5.47. The van der Waals surface area contributed by atoms with Crippen LogP contribution in [0.1, 0.15) is 5.56 Å². The summed E-state index contributed by atoms with van der Waals surface area (Å²) in [5.74, 6) is 0.576. The van der Waals surface area contributed by atoms with E-state index in [1.54, 1.807) is 12.4 Å². The van der Waals surface area contributed by atoms with Crippen LogP contribution in [0.2, 0.25) is 0 Å². The minimum absolute atomic E-state index is 0.0440. The van der Waals surface area contributed by atoms with Gasteiger partial charge in [0.25, 0.3) is 0 Å². The van der Waals surface area contributed by atoms with Gasteiger partial charge in [-0.2, -0.15) is 0 Å². The normalized spacial score (nSPS) is 25.1. The molecule has 0 spiro atoms. The predicted octanol–water partition coefficient (Wildman–Crippen LogP) is -0.110. The molecule has 6 nitrogen and oxygen atoms in total. The van der Waals surface area contributed by atoms with Gasteiger partial charge in [-0.3, -0.25) is 4.90 Å². The summed E-state index contributed by atoms with van der Waals surface area (Å²) in [5.41, 5.74) is 0.627. The second-order valence-corrected chi connectivity index (χ2v) is 4.79. The number of likely N-dealkylation sites (N-methyl/N-ethyl adjacent to an activating group) is 1. The molecule has 2 N–H and O–H groups in total. The van der Waals surface area contributed by atoms with Crippen molar-refractivity contribution in [1.82, 2.24) is 14.9 Å². The van der Waals surface area contributed by atoms with Crippen molar-refractivity contribution < 1.29 is 9.84 Å². The predicted molar refractivity (Wildman–Crippen MR) is 68.5 cm³/mol. The van der Waals surface area contributed by atoms with Crippen LogP contribution in [0.25, 0.3) is 0 Å². The Morgan fingerprint density at radius 2 is 2.22 bits per heavy atom. The van der Waals surface area contributed by atoms with E-state index in [2.05, 4.69) is 20.2 Å². The summed E-state index contributed by atoms with van der Waals surface area (Å²) in [6, 6.07) is 0. The highest BCUT2D eigenvalue weighted by atomic mass is 16.5. The monoisotopic (exact) mass is 252 g/mol. The lowest BCUT2D eigenvalue weighted by molar-refractivity contribution is -0.0726. The van der Waals surface area contributed by atoms with Gasteiger partial charge in [0, 0.05) is 25.5 Å². The van der Waals surface area contributed by atoms with Crippen LogP contribution in [-0.4, -0.2) is 65.5 Å². The maximum Gasteiger partial charge on any atom is 0.222 e. The van der Waals surface area contributed by atoms with E-state index >= 15 is 0 Å². The van der Waals surface area contributed by atoms with Gasteiger partial charge < -0.3 is 15.2 Å². The first-order valence-corrected chi connectivity index (χ1v) is 6.09. The van der Waals surface area contributed by atoms with Gasteiger partial charge in [0.15, 0.2) is 0 Å². The maximum absolute atomic E-state index is 9.63. The number of ether oxygens (including phenoxy) is 1. The minimum atomic E-state index is -0.396. The van der Waals surface area contributed by atoms with Crippen molar-refractivity contribution in [3.63, 3.8) is 0 Å². The van der Waals surface area contributed by atoms with Crippen molar-refractivity contribution >= 4 is 5.95 Å². The number of anilines is 1. The molecular weight excluding hydrogens is 232 g/mol. The lowest BCUT2D eigenvalue weighted by Gasteiger charge is -2.43. The van der Waals surface area contributed by atoms with Crippen LogP contribution in [-0.2, 0) is 4.74 Å². The molecule has 0 bridgehead atoms. The average molecular weight is 252 g/mol. The Morgan fingerprint density at radius 3 is 2.83 bits per heavy atom. The molecule has 2 heterocycles. The first-order chi connectivity index (χ1) is 8.66. The van der Waals surface area contributed by atoms with Gasteiger partial charge in [-0.05, 0) is 19.5 Å². The van der Waals surface area contributed by atoms with Crippen LogP contribution in [0, 0.1) is 6.92 Å². The Bertz CT molecular complexity index is 384. The summed E-state index contributed by atoms with van der Waals surface area (Å²) in [6.45, 7) is 4.59. The molecule has 2 rings (SSSR count). The van der Waals surface area contributed by atoms with E-state index in [9.17, 15) is 5.11 Å². The van der Waals surface area contributed by atoms with E-state index in [1.807, 2.05) is 14.0 Å². The molecule has 1 aliphatic rings. The molecule has 1 atom stereocenters. The first-order valence-electron chi connectivity index (χ1n) is 6.09. The highest BCUT2D eigenvalue weighted by molar-refractivity contribution is 5.25. The number of aromatic nitrogens is 2. The molecule has 0 amide bonds. The number of nitrogens with zero attached hydrogens (tertiary/aromatic N) is 3. The van der Waals surface area contributed by atoms with E-state index in [-0.39, 0.29) is 6.61 Å². The summed E-state index contributed by atoms with van der Waals surface area (Å²) in [6.07, 6.45) is 3.53. The van der Waals surface area contributed by atoms with Crippen molar-refractivity contribution in [1.29, 1.82) is 0 Å². The number of aryl methyl sites for hydroxylation is 1. The molecule has 18 heavy (non-hydrogen) atoms. The van der Waals surface area contributed by atoms with Gasteiger partial charge in [-0.25, -0.2) is 9.97 Å². The van der Waals surface area contributed by atoms with Crippen LogP contribution in [0.5, 0.6) is 0 Å². The third kappa shape index (κ3) is 2.77. The lowest BCUT2D eigenvalue weighted by Crippen LogP contribution is -2.61. The molecule has 0 aromatic carbocycles. The zero-order valence-electron chi connectivity index (χ0n) is 10.9. The Labute approximate surface area is 107 Å². The molecule has 1 aromatic rings. The lowest BCUT2D eigenvalue weighted by atomic mass is 9.98. The fourth-order valence-corrected chi connectivity index (χ4v) is 1.95. The Balaban J connectivity index is 2.00. The molecule has 1 fully saturated rings. The second kappa shape index (κ2) is 5.60. The van der Waals surface area contributed by atoms with Gasteiger partial charge in [0.2, 0.25) is 5.95 Å². The number of morpholine rings is 1. The van der Waals surface area contributed by atoms with Crippen molar-refractivity contribution in [3.8, 4) is 0 Å². The number of aliphatic hydroxyl groups excluding tert-OH is 1. The second-order valence-electron chi connectivity index (χ2n) is 4.79. The molecule has 1 saturated heterocycles. The number of rotatable bonds is 4. The van der Waals surface area contributed by atoms with Crippen LogP contribution in [0.3, 0.4) is 0 Å². The van der Waals surface area contributed by atoms with Gasteiger partial charge in [-0.15, -0.1) is 0 Å². The standard InChI is InChI=1S/C12H20N4O2/c1-10-5-13-11(14-6-10)15-7-12(8-17)9-18-4-3-16(12)2/h5-6,17H,3-4,7-9H2,1-2H3,(H,13,14,15)/t12-/m0/s1. The summed E-state index contributed by atoms with van der Waals surface area (Å²) in [7, 11) is 2.00. The average Bonchev–Trinajstić information content (AvgIpc) is 2.40. The quantitative estimate of drug-likeness (QED) is 0.779. The van der Waals surface area contributed by atoms with Crippen LogP contribution in [0.15, 0.2) is 12.4 Å². The number of nitrogens with one attached hydrogen (secondary N) is 1. The summed E-state index contributed by atoms with van der Waals surface area (Å²) in [4.78, 5) is 10.5. The van der Waals surface area contributed by atoms with Crippen LogP contribution in [0.4, 0.5) is 5.95 Å². The van der Waals surface area contributed by atoms with Gasteiger partial charge in [0.05, 0.1) is 25.4 Å². The molecule has 0 unspecified atom stereocenters. The number of hydrogen-bond donors (Lipinski definition) is 2. The highest BCUT2D eigenvalue weighted by Crippen LogP contribution is 2.18. The first kappa shape index (κ1) is 13.2. The van der Waals surface area contributed by atoms with Crippen molar-refractivity contribution in [2.45, 2.75) is 12.5 Å². The number of aliphatic hydroxyl groups is 1. The van der Waals surface area contributed by atoms with Crippen molar-refractivity contribution in [3.05, 3.63) is 18.0 Å². The van der Waals surface area contributed by atoms with E-state index in [4.69, 9.17) is 4.74 Å². The maximum atomic E-state index is 9.63. The molecule has 0 saturated carbocycles. The fourth-order valence-electron chi connectivity index (χ4n) is 1.95. The fraction of sp³-hybridized carbons (Fsp3) is 0.667. The van der Waals surface area contributed by atoms with Crippen LogP contribution >= 0.6 is 0 Å². The Hall–Kier alpha value is -1.24. The highest BCUT2D eigenvalue weighted by Gasteiger charge is 2.37. The molecule has 0 radical (unpaired) electrons. The molecule has 100 valence electrons. The van der Waals surface area contributed by atoms with Gasteiger partial charge in [0.1, 0.15) is 0 Å². The summed E-state index contributed by atoms with van der Waals surface area (Å²) in [5, 5.41) is 12.8. The van der Waals surface area contributed by atoms with Gasteiger partial charge >= 0.3 is 0 Å². The van der Waals surface area contributed by atoms with E-state index in [0.717, 1.165) is 12.1 Å². The molecule has 6 heteroatoms. The third-order valence-corrected chi connectivity index (χ3v) is 3.40. The van der Waals surface area contributed by atoms with Crippen LogP contribution < -0.4 is 5.32 Å². The van der Waals surface area contributed by atoms with Crippen molar-refractivity contribution in [2.75, 3.05) is 45.3 Å². The molecular formula is C12H20N4O2. The minimum Gasteiger partial charge on any atom is -0.394 e. The van der Waals surface area contributed by atoms with E-state index in [0.29, 0.717) is 25.7 Å². The molecule has 1 aliphatic heterocycles. The van der Waals surface area contributed by atoms with E-state index < -0.39 is 5.54 Å². The third-order valence-electron chi connectivity index (χ3n) is 3.40. The zero-order chi connectivity index (χ0) is 13.0. The summed E-state index contributed by atoms with van der Waals surface area (Å²) >= 11 is 0. The smallest absolute Gasteiger partial charge is 0.222 e. The largest absolute Gasteiger partial charge is 0.394 e.